The zero-order valence-corrected chi connectivity index (χ0v) is 17.0. The van der Waals surface area contributed by atoms with Crippen LogP contribution in [0.2, 0.25) is 0 Å². The third-order valence-corrected chi connectivity index (χ3v) is 4.05. The van der Waals surface area contributed by atoms with Gasteiger partial charge in [0.25, 0.3) is 0 Å². The first-order chi connectivity index (χ1) is 11.3. The number of aliphatic imine (C=N–C) groups is 1. The molecule has 0 aromatic heterocycles. The van der Waals surface area contributed by atoms with E-state index >= 15 is 0 Å². The summed E-state index contributed by atoms with van der Waals surface area (Å²) in [6.07, 6.45) is 4.05. The second-order valence-electron chi connectivity index (χ2n) is 6.00. The molecule has 1 heterocycles. The van der Waals surface area contributed by atoms with E-state index in [1.54, 1.807) is 0 Å². The molecule has 24 heavy (non-hydrogen) atoms. The van der Waals surface area contributed by atoms with E-state index < -0.39 is 0 Å². The lowest BCUT2D eigenvalue weighted by atomic mass is 10.1. The lowest BCUT2D eigenvalue weighted by molar-refractivity contribution is 0.221. The smallest absolute Gasteiger partial charge is 0.191 e. The summed E-state index contributed by atoms with van der Waals surface area (Å²) >= 11 is 0. The van der Waals surface area contributed by atoms with Crippen LogP contribution < -0.4 is 10.6 Å². The number of rotatable bonds is 7. The van der Waals surface area contributed by atoms with Crippen molar-refractivity contribution in [1.29, 1.82) is 0 Å². The van der Waals surface area contributed by atoms with Crippen molar-refractivity contribution in [1.82, 2.24) is 15.5 Å². The summed E-state index contributed by atoms with van der Waals surface area (Å²) in [5.74, 6) is 0.749. The monoisotopic (exact) mass is 446 g/mol. The predicted octanol–water partition coefficient (Wildman–Crippen LogP) is 2.34. The molecule has 0 bridgehead atoms. The number of halogens is 1. The van der Waals surface area contributed by atoms with Gasteiger partial charge in [-0.25, -0.2) is 4.99 Å². The van der Waals surface area contributed by atoms with E-state index in [0.29, 0.717) is 13.1 Å². The summed E-state index contributed by atoms with van der Waals surface area (Å²) in [4.78, 5) is 7.08. The molecule has 6 heteroatoms. The number of guanidine groups is 1. The standard InChI is InChI=1S/C18H30N4O.HI/c1-2-19-18(20-10-13-23)21-14-16-6-8-17(9-7-16)15-22-11-4-3-5-12-22;/h6-9,23H,2-5,10-15H2,1H3,(H2,19,20,21);1H. The van der Waals surface area contributed by atoms with Gasteiger partial charge in [0.15, 0.2) is 5.96 Å². The molecule has 2 rings (SSSR count). The number of hydrogen-bond acceptors (Lipinski definition) is 3. The molecule has 0 unspecified atom stereocenters. The van der Waals surface area contributed by atoms with E-state index in [1.807, 2.05) is 6.92 Å². The zero-order chi connectivity index (χ0) is 16.3. The van der Waals surface area contributed by atoms with Gasteiger partial charge in [0, 0.05) is 19.6 Å². The highest BCUT2D eigenvalue weighted by Crippen LogP contribution is 2.13. The number of aliphatic hydroxyl groups is 1. The van der Waals surface area contributed by atoms with E-state index in [2.05, 4.69) is 44.8 Å². The van der Waals surface area contributed by atoms with Gasteiger partial charge in [-0.3, -0.25) is 4.90 Å². The molecule has 0 spiro atoms. The van der Waals surface area contributed by atoms with E-state index in [4.69, 9.17) is 5.11 Å². The highest BCUT2D eigenvalue weighted by molar-refractivity contribution is 14.0. The van der Waals surface area contributed by atoms with Gasteiger partial charge in [0.1, 0.15) is 0 Å². The largest absolute Gasteiger partial charge is 0.395 e. The first kappa shape index (κ1) is 21.2. The van der Waals surface area contributed by atoms with Crippen molar-refractivity contribution < 1.29 is 5.11 Å². The van der Waals surface area contributed by atoms with Crippen molar-refractivity contribution >= 4 is 29.9 Å². The third kappa shape index (κ3) is 7.81. The maximum Gasteiger partial charge on any atom is 0.191 e. The molecule has 1 saturated heterocycles. The maximum atomic E-state index is 8.88. The fraction of sp³-hybridized carbons (Fsp3) is 0.611. The van der Waals surface area contributed by atoms with Gasteiger partial charge in [-0.2, -0.15) is 0 Å². The van der Waals surface area contributed by atoms with Crippen LogP contribution in [0.3, 0.4) is 0 Å². The number of piperidine rings is 1. The number of hydrogen-bond donors (Lipinski definition) is 3. The second-order valence-corrected chi connectivity index (χ2v) is 6.00. The minimum absolute atomic E-state index is 0. The number of nitrogens with zero attached hydrogens (tertiary/aromatic N) is 2. The highest BCUT2D eigenvalue weighted by Gasteiger charge is 2.10. The quantitative estimate of drug-likeness (QED) is 0.342. The molecule has 5 nitrogen and oxygen atoms in total. The minimum atomic E-state index is 0. The lowest BCUT2D eigenvalue weighted by Crippen LogP contribution is -2.38. The molecule has 1 aromatic rings. The summed E-state index contributed by atoms with van der Waals surface area (Å²) in [5.41, 5.74) is 2.58. The average molecular weight is 446 g/mol. The van der Waals surface area contributed by atoms with E-state index in [1.165, 1.54) is 43.5 Å². The second kappa shape index (κ2) is 12.5. The molecule has 0 radical (unpaired) electrons. The van der Waals surface area contributed by atoms with Gasteiger partial charge in [0.2, 0.25) is 0 Å². The first-order valence-electron chi connectivity index (χ1n) is 8.75. The van der Waals surface area contributed by atoms with Gasteiger partial charge in [-0.1, -0.05) is 30.7 Å². The zero-order valence-electron chi connectivity index (χ0n) is 14.6. The molecule has 0 atom stereocenters. The summed E-state index contributed by atoms with van der Waals surface area (Å²) in [5, 5.41) is 15.1. The number of aliphatic hydroxyl groups excluding tert-OH is 1. The van der Waals surface area contributed by atoms with Crippen LogP contribution in [0.15, 0.2) is 29.3 Å². The number of benzene rings is 1. The van der Waals surface area contributed by atoms with E-state index in [9.17, 15) is 0 Å². The fourth-order valence-corrected chi connectivity index (χ4v) is 2.81. The molecule has 0 saturated carbocycles. The van der Waals surface area contributed by atoms with Crippen molar-refractivity contribution in [3.05, 3.63) is 35.4 Å². The van der Waals surface area contributed by atoms with Gasteiger partial charge in [0.05, 0.1) is 13.2 Å². The summed E-state index contributed by atoms with van der Waals surface area (Å²) in [7, 11) is 0. The molecule has 136 valence electrons. The van der Waals surface area contributed by atoms with Crippen LogP contribution >= 0.6 is 24.0 Å². The third-order valence-electron chi connectivity index (χ3n) is 4.05. The first-order valence-corrected chi connectivity index (χ1v) is 8.75. The van der Waals surface area contributed by atoms with Crippen LogP contribution in [0.1, 0.15) is 37.3 Å². The Morgan fingerprint density at radius 3 is 2.38 bits per heavy atom. The maximum absolute atomic E-state index is 8.88. The molecular weight excluding hydrogens is 415 g/mol. The summed E-state index contributed by atoms with van der Waals surface area (Å²) in [6.45, 7) is 7.63. The summed E-state index contributed by atoms with van der Waals surface area (Å²) in [6, 6.07) is 8.76. The van der Waals surface area contributed by atoms with Gasteiger partial charge < -0.3 is 15.7 Å². The minimum Gasteiger partial charge on any atom is -0.395 e. The van der Waals surface area contributed by atoms with Crippen molar-refractivity contribution in [2.45, 2.75) is 39.3 Å². The molecule has 1 aliphatic heterocycles. The Bertz CT molecular complexity index is 472. The number of nitrogens with one attached hydrogen (secondary N) is 2. The molecular formula is C18H31IN4O. The van der Waals surface area contributed by atoms with E-state index in [0.717, 1.165) is 19.0 Å². The van der Waals surface area contributed by atoms with Gasteiger partial charge in [-0.05, 0) is 44.0 Å². The average Bonchev–Trinajstić information content (AvgIpc) is 2.59. The topological polar surface area (TPSA) is 59.9 Å². The van der Waals surface area contributed by atoms with Gasteiger partial charge in [-0.15, -0.1) is 24.0 Å². The van der Waals surface area contributed by atoms with Crippen LogP contribution in [0.25, 0.3) is 0 Å². The number of likely N-dealkylation sites (tertiary alicyclic amines) is 1. The van der Waals surface area contributed by atoms with Crippen molar-refractivity contribution in [2.24, 2.45) is 4.99 Å². The normalized spacial score (nSPS) is 15.7. The Morgan fingerprint density at radius 1 is 1.08 bits per heavy atom. The Balaban J connectivity index is 0.00000288. The van der Waals surface area contributed by atoms with Crippen molar-refractivity contribution in [2.75, 3.05) is 32.8 Å². The van der Waals surface area contributed by atoms with Crippen LogP contribution in [-0.4, -0.2) is 48.8 Å². The van der Waals surface area contributed by atoms with E-state index in [-0.39, 0.29) is 30.6 Å². The molecule has 3 N–H and O–H groups in total. The Labute approximate surface area is 162 Å². The fourth-order valence-electron chi connectivity index (χ4n) is 2.81. The molecule has 1 aromatic carbocycles. The molecule has 0 aliphatic carbocycles. The van der Waals surface area contributed by atoms with Crippen LogP contribution in [0.5, 0.6) is 0 Å². The predicted molar refractivity (Wildman–Crippen MR) is 111 cm³/mol. The van der Waals surface area contributed by atoms with Crippen LogP contribution in [0, 0.1) is 0 Å². The lowest BCUT2D eigenvalue weighted by Gasteiger charge is -2.26. The summed E-state index contributed by atoms with van der Waals surface area (Å²) < 4.78 is 0. The van der Waals surface area contributed by atoms with Crippen LogP contribution in [-0.2, 0) is 13.1 Å². The highest BCUT2D eigenvalue weighted by atomic mass is 127. The molecule has 1 fully saturated rings. The molecule has 0 amide bonds. The van der Waals surface area contributed by atoms with Gasteiger partial charge >= 0.3 is 0 Å². The SMILES string of the molecule is CCNC(=NCc1ccc(CN2CCCCC2)cc1)NCCO.I. The van der Waals surface area contributed by atoms with Crippen molar-refractivity contribution in [3.63, 3.8) is 0 Å². The Morgan fingerprint density at radius 2 is 1.75 bits per heavy atom. The Hall–Kier alpha value is -0.860. The van der Waals surface area contributed by atoms with Crippen molar-refractivity contribution in [3.8, 4) is 0 Å². The van der Waals surface area contributed by atoms with Crippen LogP contribution in [0.4, 0.5) is 0 Å². The molecule has 1 aliphatic rings. The Kier molecular flexibility index (Phi) is 11.0.